The van der Waals surface area contributed by atoms with E-state index in [0.29, 0.717) is 17.8 Å². The maximum Gasteiger partial charge on any atom is 0.261 e. The zero-order valence-corrected chi connectivity index (χ0v) is 14.7. The number of nitrogens with one attached hydrogen (secondary N) is 2. The largest absolute Gasteiger partial charge is 0.351 e. The maximum absolute atomic E-state index is 12.0. The van der Waals surface area contributed by atoms with Gasteiger partial charge in [0.15, 0.2) is 0 Å². The minimum absolute atomic E-state index is 0.0830. The van der Waals surface area contributed by atoms with Crippen molar-refractivity contribution in [1.82, 2.24) is 10.0 Å². The summed E-state index contributed by atoms with van der Waals surface area (Å²) in [6.45, 7) is 4.07. The van der Waals surface area contributed by atoms with E-state index in [0.717, 1.165) is 5.56 Å². The quantitative estimate of drug-likeness (QED) is 0.803. The lowest BCUT2D eigenvalue weighted by Crippen LogP contribution is -2.30. The van der Waals surface area contributed by atoms with Crippen molar-refractivity contribution in [3.05, 3.63) is 52.2 Å². The van der Waals surface area contributed by atoms with Gasteiger partial charge in [-0.2, -0.15) is 0 Å². The summed E-state index contributed by atoms with van der Waals surface area (Å²) in [6, 6.07) is 10.2. The molecule has 2 rings (SSSR count). The minimum Gasteiger partial charge on any atom is -0.351 e. The topological polar surface area (TPSA) is 75.3 Å². The molecule has 0 unspecified atom stereocenters. The Morgan fingerprint density at radius 1 is 1.17 bits per heavy atom. The van der Waals surface area contributed by atoms with Crippen molar-refractivity contribution in [3.63, 3.8) is 0 Å². The highest BCUT2D eigenvalue weighted by Gasteiger charge is 2.14. The first kappa shape index (κ1) is 17.7. The van der Waals surface area contributed by atoms with Gasteiger partial charge >= 0.3 is 0 Å². The molecule has 0 atom stereocenters. The van der Waals surface area contributed by atoms with E-state index >= 15 is 0 Å². The number of sulfonamides is 1. The molecule has 1 heterocycles. The molecule has 0 aliphatic rings. The zero-order chi connectivity index (χ0) is 16.9. The predicted molar refractivity (Wildman–Crippen MR) is 92.3 cm³/mol. The van der Waals surface area contributed by atoms with E-state index in [4.69, 9.17) is 0 Å². The van der Waals surface area contributed by atoms with Crippen LogP contribution in [0.5, 0.6) is 0 Å². The van der Waals surface area contributed by atoms with Crippen LogP contribution in [0.15, 0.2) is 46.7 Å². The Hall–Kier alpha value is -1.70. The number of hydrogen-bond acceptors (Lipinski definition) is 4. The number of benzene rings is 1. The van der Waals surface area contributed by atoms with Crippen molar-refractivity contribution >= 4 is 27.3 Å². The van der Waals surface area contributed by atoms with E-state index in [1.807, 2.05) is 11.4 Å². The lowest BCUT2D eigenvalue weighted by atomic mass is 10.1. The molecule has 0 bridgehead atoms. The summed E-state index contributed by atoms with van der Waals surface area (Å²) >= 11 is 1.40. The number of amides is 1. The lowest BCUT2D eigenvalue weighted by Gasteiger charge is -2.10. The van der Waals surface area contributed by atoms with Crippen molar-refractivity contribution in [2.45, 2.75) is 31.2 Å². The molecular weight excluding hydrogens is 332 g/mol. The van der Waals surface area contributed by atoms with Gasteiger partial charge < -0.3 is 5.32 Å². The van der Waals surface area contributed by atoms with Crippen LogP contribution in [0.25, 0.3) is 0 Å². The Kier molecular flexibility index (Phi) is 5.92. The maximum atomic E-state index is 12.0. The Morgan fingerprint density at radius 2 is 1.87 bits per heavy atom. The first-order valence-corrected chi connectivity index (χ1v) is 9.68. The van der Waals surface area contributed by atoms with E-state index < -0.39 is 10.0 Å². The van der Waals surface area contributed by atoms with E-state index in [9.17, 15) is 13.2 Å². The van der Waals surface area contributed by atoms with Crippen LogP contribution < -0.4 is 10.0 Å². The van der Waals surface area contributed by atoms with Crippen molar-refractivity contribution in [2.75, 3.05) is 6.54 Å². The SMILES string of the molecule is CC(C)NS(=O)(=O)c1ccc(CCNC(=O)c2cccs2)cc1. The smallest absolute Gasteiger partial charge is 0.261 e. The Morgan fingerprint density at radius 3 is 2.43 bits per heavy atom. The Balaban J connectivity index is 1.89. The van der Waals surface area contributed by atoms with Gasteiger partial charge in [-0.1, -0.05) is 18.2 Å². The van der Waals surface area contributed by atoms with Crippen molar-refractivity contribution in [3.8, 4) is 0 Å². The molecule has 0 fully saturated rings. The van der Waals surface area contributed by atoms with E-state index in [-0.39, 0.29) is 16.8 Å². The van der Waals surface area contributed by atoms with E-state index in [1.165, 1.54) is 11.3 Å². The average Bonchev–Trinajstić information content (AvgIpc) is 3.00. The summed E-state index contributed by atoms with van der Waals surface area (Å²) in [4.78, 5) is 12.7. The summed E-state index contributed by atoms with van der Waals surface area (Å²) in [5.41, 5.74) is 0.972. The number of thiophene rings is 1. The molecule has 2 N–H and O–H groups in total. The van der Waals surface area contributed by atoms with Crippen LogP contribution in [-0.4, -0.2) is 26.9 Å². The Labute approximate surface area is 140 Å². The third-order valence-corrected chi connectivity index (χ3v) is 5.61. The average molecular weight is 352 g/mol. The monoisotopic (exact) mass is 352 g/mol. The molecule has 2 aromatic rings. The van der Waals surface area contributed by atoms with Gasteiger partial charge in [-0.3, -0.25) is 4.79 Å². The first-order valence-electron chi connectivity index (χ1n) is 7.31. The molecule has 1 aromatic heterocycles. The van der Waals surface area contributed by atoms with Gasteiger partial charge in [0.05, 0.1) is 9.77 Å². The van der Waals surface area contributed by atoms with Crippen LogP contribution in [0.4, 0.5) is 0 Å². The second-order valence-corrected chi connectivity index (χ2v) is 8.06. The van der Waals surface area contributed by atoms with Gasteiger partial charge in [0.25, 0.3) is 5.91 Å². The molecule has 124 valence electrons. The number of carbonyl (C=O) groups excluding carboxylic acids is 1. The highest BCUT2D eigenvalue weighted by Crippen LogP contribution is 2.12. The minimum atomic E-state index is -3.46. The summed E-state index contributed by atoms with van der Waals surface area (Å²) in [6.07, 6.45) is 0.648. The van der Waals surface area contributed by atoms with E-state index in [2.05, 4.69) is 10.0 Å². The van der Waals surface area contributed by atoms with Crippen molar-refractivity contribution in [1.29, 1.82) is 0 Å². The highest BCUT2D eigenvalue weighted by atomic mass is 32.2. The normalized spacial score (nSPS) is 11.6. The summed E-state index contributed by atoms with van der Waals surface area (Å²) in [7, 11) is -3.46. The van der Waals surface area contributed by atoms with Crippen LogP contribution in [-0.2, 0) is 16.4 Å². The van der Waals surface area contributed by atoms with E-state index in [1.54, 1.807) is 44.2 Å². The molecule has 0 spiro atoms. The number of carbonyl (C=O) groups is 1. The second-order valence-electron chi connectivity index (χ2n) is 5.40. The Bertz CT molecular complexity index is 736. The van der Waals surface area contributed by atoms with Gasteiger partial charge in [0.2, 0.25) is 10.0 Å². The van der Waals surface area contributed by atoms with Crippen LogP contribution in [0, 0.1) is 0 Å². The molecule has 0 aliphatic heterocycles. The molecule has 5 nitrogen and oxygen atoms in total. The van der Waals surface area contributed by atoms with Crippen molar-refractivity contribution < 1.29 is 13.2 Å². The first-order chi connectivity index (χ1) is 10.9. The van der Waals surface area contributed by atoms with Crippen molar-refractivity contribution in [2.24, 2.45) is 0 Å². The summed E-state index contributed by atoms with van der Waals surface area (Å²) in [5, 5.41) is 4.71. The van der Waals surface area contributed by atoms with Crippen LogP contribution >= 0.6 is 11.3 Å². The molecule has 7 heteroatoms. The fraction of sp³-hybridized carbons (Fsp3) is 0.312. The molecular formula is C16H20N2O3S2. The zero-order valence-electron chi connectivity index (χ0n) is 13.1. The number of hydrogen-bond donors (Lipinski definition) is 2. The van der Waals surface area contributed by atoms with Gasteiger partial charge in [0, 0.05) is 12.6 Å². The molecule has 23 heavy (non-hydrogen) atoms. The summed E-state index contributed by atoms with van der Waals surface area (Å²) in [5.74, 6) is -0.0830. The molecule has 0 radical (unpaired) electrons. The highest BCUT2D eigenvalue weighted by molar-refractivity contribution is 7.89. The third kappa shape index (κ3) is 5.16. The molecule has 0 saturated heterocycles. The van der Waals surface area contributed by atoms with Gasteiger partial charge in [-0.15, -0.1) is 11.3 Å². The molecule has 0 aliphatic carbocycles. The predicted octanol–water partition coefficient (Wildman–Crippen LogP) is 2.41. The third-order valence-electron chi connectivity index (χ3n) is 3.07. The lowest BCUT2D eigenvalue weighted by molar-refractivity contribution is 0.0958. The molecule has 0 saturated carbocycles. The molecule has 1 aromatic carbocycles. The number of rotatable bonds is 7. The van der Waals surface area contributed by atoms with Crippen LogP contribution in [0.2, 0.25) is 0 Å². The molecule has 1 amide bonds. The van der Waals surface area contributed by atoms with Crippen LogP contribution in [0.1, 0.15) is 29.1 Å². The summed E-state index contributed by atoms with van der Waals surface area (Å²) < 4.78 is 26.6. The van der Waals surface area contributed by atoms with Gasteiger partial charge in [-0.25, -0.2) is 13.1 Å². The van der Waals surface area contributed by atoms with Gasteiger partial charge in [0.1, 0.15) is 0 Å². The fourth-order valence-corrected chi connectivity index (χ4v) is 3.92. The fourth-order valence-electron chi connectivity index (χ4n) is 2.03. The van der Waals surface area contributed by atoms with Gasteiger partial charge in [-0.05, 0) is 49.4 Å². The second kappa shape index (κ2) is 7.72. The standard InChI is InChI=1S/C16H20N2O3S2/c1-12(2)18-23(20,21)14-7-5-13(6-8-14)9-10-17-16(19)15-4-3-11-22-15/h3-8,11-12,18H,9-10H2,1-2H3,(H,17,19). The van der Waals surface area contributed by atoms with Crippen LogP contribution in [0.3, 0.4) is 0 Å².